The Balaban J connectivity index is 1.12. The lowest BCUT2D eigenvalue weighted by Crippen LogP contribution is -2.50. The van der Waals surface area contributed by atoms with Crippen molar-refractivity contribution in [1.82, 2.24) is 0 Å². The molecule has 0 spiro atoms. The van der Waals surface area contributed by atoms with Crippen molar-refractivity contribution in [2.45, 2.75) is 83.4 Å². The summed E-state index contributed by atoms with van der Waals surface area (Å²) in [5, 5.41) is 0. The molecule has 5 fully saturated rings. The first-order chi connectivity index (χ1) is 13.1. The first-order valence-electron chi connectivity index (χ1n) is 11.8. The normalized spacial score (nSPS) is 54.3. The Kier molecular flexibility index (Phi) is 4.08. The van der Waals surface area contributed by atoms with Gasteiger partial charge in [0.15, 0.2) is 12.1 Å². The lowest BCUT2D eigenvalue weighted by Gasteiger charge is -2.49. The smallest absolute Gasteiger partial charge is 0.168 e. The highest BCUT2D eigenvalue weighted by Gasteiger charge is 2.66. The molecule has 150 valence electrons. The summed E-state index contributed by atoms with van der Waals surface area (Å²) in [5.74, 6) is 6.72. The van der Waals surface area contributed by atoms with Crippen LogP contribution in [-0.2, 0) is 14.2 Å². The molecule has 0 aromatic heterocycles. The Bertz CT molecular complexity index is 611. The van der Waals surface area contributed by atoms with Gasteiger partial charge in [-0.2, -0.15) is 0 Å². The summed E-state index contributed by atoms with van der Waals surface area (Å²) < 4.78 is 19.0. The number of ether oxygens (including phenoxy) is 3. The highest BCUT2D eigenvalue weighted by atomic mass is 16.8. The first kappa shape index (κ1) is 17.5. The van der Waals surface area contributed by atoms with Crippen LogP contribution in [0.15, 0.2) is 12.2 Å². The predicted molar refractivity (Wildman–Crippen MR) is 104 cm³/mol. The standard InChI is InChI=1S/C24H36O3/c1-14(26-17-6-4-3-5-7-17)27-24(2)12-20-18-11-19(21(20)13-25-24)23-16-9-8-15(10-16)22(18)23/h8-9,14-23H,3-7,10-13H2,1-2H3. The zero-order valence-corrected chi connectivity index (χ0v) is 17.0. The Hall–Kier alpha value is -0.380. The SMILES string of the molecule is CC(OC1CCCCC1)OC1(C)CC2C(CO1)C1CC2C2C3C=CC(C3)C12. The third kappa shape index (κ3) is 2.71. The Labute approximate surface area is 164 Å². The molecule has 5 aliphatic carbocycles. The van der Waals surface area contributed by atoms with E-state index in [0.717, 1.165) is 60.4 Å². The molecule has 0 aromatic carbocycles. The second kappa shape index (κ2) is 6.31. The van der Waals surface area contributed by atoms with E-state index in [1.807, 2.05) is 0 Å². The van der Waals surface area contributed by atoms with E-state index in [0.29, 0.717) is 6.10 Å². The molecule has 3 heteroatoms. The average molecular weight is 373 g/mol. The molecule has 0 radical (unpaired) electrons. The van der Waals surface area contributed by atoms with E-state index < -0.39 is 5.79 Å². The maximum atomic E-state index is 6.41. The maximum Gasteiger partial charge on any atom is 0.168 e. The third-order valence-corrected chi connectivity index (χ3v) is 9.31. The summed E-state index contributed by atoms with van der Waals surface area (Å²) in [6.07, 6.45) is 15.7. The Morgan fingerprint density at radius 3 is 2.37 bits per heavy atom. The van der Waals surface area contributed by atoms with Crippen molar-refractivity contribution in [3.63, 3.8) is 0 Å². The van der Waals surface area contributed by atoms with Crippen LogP contribution in [0.25, 0.3) is 0 Å². The summed E-state index contributed by atoms with van der Waals surface area (Å²) in [5.41, 5.74) is 0. The topological polar surface area (TPSA) is 27.7 Å². The van der Waals surface area contributed by atoms with Gasteiger partial charge in [-0.05, 0) is 86.9 Å². The zero-order chi connectivity index (χ0) is 18.2. The summed E-state index contributed by atoms with van der Waals surface area (Å²) in [7, 11) is 0. The molecule has 6 rings (SSSR count). The monoisotopic (exact) mass is 372 g/mol. The summed E-state index contributed by atoms with van der Waals surface area (Å²) >= 11 is 0. The van der Waals surface area contributed by atoms with Gasteiger partial charge in [0.25, 0.3) is 0 Å². The van der Waals surface area contributed by atoms with Crippen LogP contribution in [0.4, 0.5) is 0 Å². The zero-order valence-electron chi connectivity index (χ0n) is 17.0. The van der Waals surface area contributed by atoms with Crippen molar-refractivity contribution < 1.29 is 14.2 Å². The van der Waals surface area contributed by atoms with Crippen LogP contribution in [0.2, 0.25) is 0 Å². The van der Waals surface area contributed by atoms with Gasteiger partial charge in [0.1, 0.15) is 0 Å². The number of hydrogen-bond donors (Lipinski definition) is 0. The van der Waals surface area contributed by atoms with Crippen LogP contribution >= 0.6 is 0 Å². The molecule has 1 saturated heterocycles. The van der Waals surface area contributed by atoms with Crippen LogP contribution in [0.1, 0.15) is 65.2 Å². The second-order valence-electron chi connectivity index (χ2n) is 10.7. The summed E-state index contributed by atoms with van der Waals surface area (Å²) in [6, 6.07) is 0. The molecule has 3 nitrogen and oxygen atoms in total. The van der Waals surface area contributed by atoms with Gasteiger partial charge in [0.05, 0.1) is 12.7 Å². The van der Waals surface area contributed by atoms with Crippen LogP contribution in [0.5, 0.6) is 0 Å². The largest absolute Gasteiger partial charge is 0.350 e. The van der Waals surface area contributed by atoms with Gasteiger partial charge in [-0.1, -0.05) is 31.4 Å². The minimum Gasteiger partial charge on any atom is -0.350 e. The molecular weight excluding hydrogens is 336 g/mol. The number of allylic oxidation sites excluding steroid dienone is 2. The van der Waals surface area contributed by atoms with Crippen molar-refractivity contribution in [3.8, 4) is 0 Å². The highest BCUT2D eigenvalue weighted by molar-refractivity contribution is 5.22. The maximum absolute atomic E-state index is 6.41. The van der Waals surface area contributed by atoms with Crippen molar-refractivity contribution in [3.05, 3.63) is 12.2 Å². The Morgan fingerprint density at radius 2 is 1.63 bits per heavy atom. The third-order valence-electron chi connectivity index (χ3n) is 9.31. The van der Waals surface area contributed by atoms with Crippen molar-refractivity contribution in [1.29, 1.82) is 0 Å². The molecule has 0 aromatic rings. The fourth-order valence-electron chi connectivity index (χ4n) is 8.53. The van der Waals surface area contributed by atoms with Crippen LogP contribution < -0.4 is 0 Å². The van der Waals surface area contributed by atoms with Crippen molar-refractivity contribution in [2.24, 2.45) is 47.3 Å². The molecule has 10 unspecified atom stereocenters. The highest BCUT2D eigenvalue weighted by Crippen LogP contribution is 2.70. The number of rotatable bonds is 4. The van der Waals surface area contributed by atoms with Crippen molar-refractivity contribution in [2.75, 3.05) is 6.61 Å². The van der Waals surface area contributed by atoms with E-state index in [9.17, 15) is 0 Å². The van der Waals surface area contributed by atoms with Gasteiger partial charge in [-0.3, -0.25) is 0 Å². The average Bonchev–Trinajstić information content (AvgIpc) is 3.40. The lowest BCUT2D eigenvalue weighted by atomic mass is 9.63. The fraction of sp³-hybridized carbons (Fsp3) is 0.917. The molecule has 4 saturated carbocycles. The van der Waals surface area contributed by atoms with Gasteiger partial charge in [0, 0.05) is 6.42 Å². The molecule has 6 aliphatic rings. The van der Waals surface area contributed by atoms with Gasteiger partial charge < -0.3 is 14.2 Å². The number of fused-ring (bicyclic) bond motifs is 12. The minimum atomic E-state index is -0.456. The molecule has 10 atom stereocenters. The van der Waals surface area contributed by atoms with Crippen LogP contribution in [0.3, 0.4) is 0 Å². The van der Waals surface area contributed by atoms with Gasteiger partial charge >= 0.3 is 0 Å². The molecule has 1 aliphatic heterocycles. The summed E-state index contributed by atoms with van der Waals surface area (Å²) in [4.78, 5) is 0. The quantitative estimate of drug-likeness (QED) is 0.388. The molecule has 4 bridgehead atoms. The van der Waals surface area contributed by atoms with E-state index >= 15 is 0 Å². The van der Waals surface area contributed by atoms with E-state index in [4.69, 9.17) is 14.2 Å². The minimum absolute atomic E-state index is 0.161. The van der Waals surface area contributed by atoms with Crippen LogP contribution in [0, 0.1) is 47.3 Å². The van der Waals surface area contributed by atoms with E-state index in [1.54, 1.807) is 0 Å². The lowest BCUT2D eigenvalue weighted by molar-refractivity contribution is -0.333. The van der Waals surface area contributed by atoms with Gasteiger partial charge in [-0.15, -0.1) is 0 Å². The van der Waals surface area contributed by atoms with Crippen LogP contribution in [-0.4, -0.2) is 24.8 Å². The molecular formula is C24H36O3. The van der Waals surface area contributed by atoms with Crippen molar-refractivity contribution >= 4 is 0 Å². The van der Waals surface area contributed by atoms with Gasteiger partial charge in [0.2, 0.25) is 0 Å². The first-order valence-corrected chi connectivity index (χ1v) is 11.8. The Morgan fingerprint density at radius 1 is 0.926 bits per heavy atom. The second-order valence-corrected chi connectivity index (χ2v) is 10.7. The van der Waals surface area contributed by atoms with E-state index in [-0.39, 0.29) is 6.29 Å². The predicted octanol–water partition coefficient (Wildman–Crippen LogP) is 5.16. The molecule has 27 heavy (non-hydrogen) atoms. The fourth-order valence-corrected chi connectivity index (χ4v) is 8.53. The molecule has 0 N–H and O–H groups in total. The molecule has 1 heterocycles. The molecule has 0 amide bonds. The van der Waals surface area contributed by atoms with E-state index in [2.05, 4.69) is 26.0 Å². The number of hydrogen-bond acceptors (Lipinski definition) is 3. The van der Waals surface area contributed by atoms with E-state index in [1.165, 1.54) is 44.9 Å². The van der Waals surface area contributed by atoms with Gasteiger partial charge in [-0.25, -0.2) is 0 Å². The summed E-state index contributed by atoms with van der Waals surface area (Å²) in [6.45, 7) is 5.16.